The van der Waals surface area contributed by atoms with E-state index in [0.29, 0.717) is 6.42 Å². The maximum atomic E-state index is 8.47. The van der Waals surface area contributed by atoms with Crippen LogP contribution in [0.15, 0.2) is 49.1 Å². The van der Waals surface area contributed by atoms with Crippen molar-refractivity contribution in [2.24, 2.45) is 0 Å². The maximum Gasteiger partial charge on any atom is 0.169 e. The molecule has 2 rings (SSSR count). The van der Waals surface area contributed by atoms with Gasteiger partial charge < -0.3 is 0 Å². The first-order valence-electron chi connectivity index (χ1n) is 5.66. The summed E-state index contributed by atoms with van der Waals surface area (Å²) in [5.41, 5.74) is 2.35. The van der Waals surface area contributed by atoms with E-state index in [9.17, 15) is 0 Å². The summed E-state index contributed by atoms with van der Waals surface area (Å²) < 4.78 is 2.10. The maximum absolute atomic E-state index is 8.47. The van der Waals surface area contributed by atoms with Crippen LogP contribution in [-0.2, 0) is 6.54 Å². The van der Waals surface area contributed by atoms with Crippen LogP contribution in [-0.4, -0.2) is 4.98 Å². The van der Waals surface area contributed by atoms with Crippen molar-refractivity contribution in [3.8, 4) is 17.2 Å². The Labute approximate surface area is 101 Å². The topological polar surface area (TPSA) is 40.6 Å². The summed E-state index contributed by atoms with van der Waals surface area (Å²) in [5, 5.41) is 8.47. The lowest BCUT2D eigenvalue weighted by atomic mass is 10.1. The van der Waals surface area contributed by atoms with Crippen LogP contribution < -0.4 is 4.57 Å². The second-order valence-electron chi connectivity index (χ2n) is 3.82. The van der Waals surface area contributed by atoms with Crippen LogP contribution in [0.3, 0.4) is 0 Å². The lowest BCUT2D eigenvalue weighted by molar-refractivity contribution is -0.697. The summed E-state index contributed by atoms with van der Waals surface area (Å²) >= 11 is 0. The number of rotatable bonds is 4. The molecule has 17 heavy (non-hydrogen) atoms. The minimum Gasteiger partial charge on any atom is -0.265 e. The van der Waals surface area contributed by atoms with Crippen molar-refractivity contribution in [2.45, 2.75) is 19.4 Å². The van der Waals surface area contributed by atoms with Gasteiger partial charge in [-0.1, -0.05) is 0 Å². The van der Waals surface area contributed by atoms with Gasteiger partial charge >= 0.3 is 0 Å². The van der Waals surface area contributed by atoms with Crippen LogP contribution in [0, 0.1) is 11.3 Å². The molecule has 2 heterocycles. The fourth-order valence-corrected chi connectivity index (χ4v) is 1.68. The third-order valence-electron chi connectivity index (χ3n) is 2.61. The number of aryl methyl sites for hydroxylation is 1. The molecule has 0 saturated heterocycles. The highest BCUT2D eigenvalue weighted by molar-refractivity contribution is 5.61. The lowest BCUT2D eigenvalue weighted by Crippen LogP contribution is -2.32. The van der Waals surface area contributed by atoms with E-state index in [4.69, 9.17) is 5.26 Å². The molecular weight excluding hydrogens is 210 g/mol. The van der Waals surface area contributed by atoms with Crippen LogP contribution in [0.5, 0.6) is 0 Å². The van der Waals surface area contributed by atoms with Gasteiger partial charge in [-0.2, -0.15) is 5.26 Å². The van der Waals surface area contributed by atoms with Gasteiger partial charge in [0.1, 0.15) is 6.54 Å². The van der Waals surface area contributed by atoms with Gasteiger partial charge in [0.05, 0.1) is 6.07 Å². The van der Waals surface area contributed by atoms with E-state index in [1.54, 1.807) is 12.4 Å². The summed E-state index contributed by atoms with van der Waals surface area (Å²) in [6.07, 6.45) is 9.20. The lowest BCUT2D eigenvalue weighted by Gasteiger charge is -1.99. The Morgan fingerprint density at radius 3 is 2.35 bits per heavy atom. The van der Waals surface area contributed by atoms with Gasteiger partial charge in [0.15, 0.2) is 12.4 Å². The molecule has 0 atom stereocenters. The van der Waals surface area contributed by atoms with Crippen LogP contribution in [0.25, 0.3) is 11.1 Å². The molecule has 0 radical (unpaired) electrons. The molecule has 0 N–H and O–H groups in total. The van der Waals surface area contributed by atoms with Crippen molar-refractivity contribution in [3.63, 3.8) is 0 Å². The van der Waals surface area contributed by atoms with Crippen molar-refractivity contribution < 1.29 is 4.57 Å². The number of hydrogen-bond acceptors (Lipinski definition) is 2. The van der Waals surface area contributed by atoms with Gasteiger partial charge in [-0.05, 0) is 23.3 Å². The monoisotopic (exact) mass is 224 g/mol. The van der Waals surface area contributed by atoms with E-state index in [2.05, 4.69) is 27.8 Å². The molecule has 84 valence electrons. The Balaban J connectivity index is 2.06. The molecule has 0 amide bonds. The SMILES string of the molecule is N#CCCC[n+]1ccc(-c2ccncc2)cc1. The minimum absolute atomic E-state index is 0.610. The highest BCUT2D eigenvalue weighted by atomic mass is 14.9. The molecule has 3 heteroatoms. The van der Waals surface area contributed by atoms with Gasteiger partial charge in [-0.3, -0.25) is 4.98 Å². The predicted octanol–water partition coefficient (Wildman–Crippen LogP) is 2.34. The summed E-state index contributed by atoms with van der Waals surface area (Å²) in [4.78, 5) is 4.00. The standard InChI is InChI=1S/C14H14N3/c15-7-1-2-10-17-11-5-14(6-12-17)13-3-8-16-9-4-13/h3-6,8-9,11-12H,1-2,10H2/q+1. The van der Waals surface area contributed by atoms with Crippen molar-refractivity contribution in [1.82, 2.24) is 4.98 Å². The Kier molecular flexibility index (Phi) is 3.82. The zero-order chi connectivity index (χ0) is 11.9. The average Bonchev–Trinajstić information content (AvgIpc) is 2.41. The number of pyridine rings is 2. The number of hydrogen-bond donors (Lipinski definition) is 0. The van der Waals surface area contributed by atoms with E-state index in [-0.39, 0.29) is 0 Å². The van der Waals surface area contributed by atoms with Crippen molar-refractivity contribution >= 4 is 0 Å². The highest BCUT2D eigenvalue weighted by Crippen LogP contribution is 2.15. The molecule has 0 fully saturated rings. The minimum atomic E-state index is 0.610. The number of unbranched alkanes of at least 4 members (excludes halogenated alkanes) is 1. The van der Waals surface area contributed by atoms with Crippen molar-refractivity contribution in [3.05, 3.63) is 49.1 Å². The van der Waals surface area contributed by atoms with Crippen LogP contribution in [0.4, 0.5) is 0 Å². The van der Waals surface area contributed by atoms with E-state index in [0.717, 1.165) is 13.0 Å². The van der Waals surface area contributed by atoms with E-state index in [1.165, 1.54) is 11.1 Å². The average molecular weight is 224 g/mol. The molecule has 0 aliphatic carbocycles. The summed E-state index contributed by atoms with van der Waals surface area (Å²) in [7, 11) is 0. The van der Waals surface area contributed by atoms with Gasteiger partial charge in [-0.25, -0.2) is 4.57 Å². The Hall–Kier alpha value is -2.21. The van der Waals surface area contributed by atoms with Crippen LogP contribution >= 0.6 is 0 Å². The number of nitrogens with zero attached hydrogens (tertiary/aromatic N) is 3. The molecule has 0 aromatic carbocycles. The van der Waals surface area contributed by atoms with Gasteiger partial charge in [0.25, 0.3) is 0 Å². The first-order valence-corrected chi connectivity index (χ1v) is 5.66. The molecular formula is C14H14N3+. The highest BCUT2D eigenvalue weighted by Gasteiger charge is 2.02. The summed E-state index contributed by atoms with van der Waals surface area (Å²) in [6, 6.07) is 10.3. The molecule has 2 aromatic heterocycles. The predicted molar refractivity (Wildman–Crippen MR) is 64.7 cm³/mol. The molecule has 0 aliphatic heterocycles. The van der Waals surface area contributed by atoms with Gasteiger partial charge in [0.2, 0.25) is 0 Å². The molecule has 0 unspecified atom stereocenters. The van der Waals surface area contributed by atoms with Gasteiger partial charge in [-0.15, -0.1) is 0 Å². The number of aromatic nitrogens is 2. The quantitative estimate of drug-likeness (QED) is 0.590. The van der Waals surface area contributed by atoms with E-state index >= 15 is 0 Å². The molecule has 2 aromatic rings. The Morgan fingerprint density at radius 2 is 1.71 bits per heavy atom. The fourth-order valence-electron chi connectivity index (χ4n) is 1.68. The smallest absolute Gasteiger partial charge is 0.169 e. The van der Waals surface area contributed by atoms with E-state index in [1.807, 2.05) is 24.5 Å². The molecule has 0 spiro atoms. The van der Waals surface area contributed by atoms with Crippen LogP contribution in [0.2, 0.25) is 0 Å². The Bertz CT molecular complexity index is 497. The second-order valence-corrected chi connectivity index (χ2v) is 3.82. The summed E-state index contributed by atoms with van der Waals surface area (Å²) in [5.74, 6) is 0. The van der Waals surface area contributed by atoms with Gasteiger partial charge in [0, 0.05) is 37.4 Å². The van der Waals surface area contributed by atoms with Crippen LogP contribution in [0.1, 0.15) is 12.8 Å². The Morgan fingerprint density at radius 1 is 1.06 bits per heavy atom. The second kappa shape index (κ2) is 5.76. The molecule has 0 saturated carbocycles. The molecule has 3 nitrogen and oxygen atoms in total. The number of nitriles is 1. The third-order valence-corrected chi connectivity index (χ3v) is 2.61. The summed E-state index contributed by atoms with van der Waals surface area (Å²) in [6.45, 7) is 0.893. The first kappa shape index (κ1) is 11.3. The van der Waals surface area contributed by atoms with Crippen molar-refractivity contribution in [2.75, 3.05) is 0 Å². The molecule has 0 bridgehead atoms. The fraction of sp³-hybridized carbons (Fsp3) is 0.214. The van der Waals surface area contributed by atoms with Crippen molar-refractivity contribution in [1.29, 1.82) is 5.26 Å². The zero-order valence-corrected chi connectivity index (χ0v) is 9.58. The zero-order valence-electron chi connectivity index (χ0n) is 9.58. The normalized spacial score (nSPS) is 9.82. The first-order chi connectivity index (χ1) is 8.40. The largest absolute Gasteiger partial charge is 0.265 e. The van der Waals surface area contributed by atoms with E-state index < -0.39 is 0 Å². The molecule has 0 aliphatic rings. The third kappa shape index (κ3) is 3.12.